The van der Waals surface area contributed by atoms with Crippen LogP contribution in [-0.4, -0.2) is 21.4 Å². The summed E-state index contributed by atoms with van der Waals surface area (Å²) in [5.41, 5.74) is 0.948. The lowest BCUT2D eigenvalue weighted by Crippen LogP contribution is -2.32. The number of nitrogens with zero attached hydrogens (tertiary/aromatic N) is 2. The van der Waals surface area contributed by atoms with Crippen LogP contribution in [0.25, 0.3) is 5.69 Å². The SMILES string of the molecule is Cc1c(NC(=O)[C@@H](C)Oc2ccc(F)c(F)c2)c(=O)n(-c2ccccc2)n1C. The van der Waals surface area contributed by atoms with E-state index >= 15 is 0 Å². The van der Waals surface area contributed by atoms with E-state index in [1.165, 1.54) is 17.7 Å². The summed E-state index contributed by atoms with van der Waals surface area (Å²) < 4.78 is 34.7. The van der Waals surface area contributed by atoms with E-state index in [9.17, 15) is 18.4 Å². The van der Waals surface area contributed by atoms with Crippen molar-refractivity contribution in [1.29, 1.82) is 0 Å². The van der Waals surface area contributed by atoms with Crippen molar-refractivity contribution in [2.24, 2.45) is 7.05 Å². The molecule has 0 spiro atoms. The Morgan fingerprint density at radius 2 is 1.79 bits per heavy atom. The van der Waals surface area contributed by atoms with Crippen molar-refractivity contribution in [3.8, 4) is 11.4 Å². The predicted octanol–water partition coefficient (Wildman–Crippen LogP) is 3.17. The molecule has 2 aromatic carbocycles. The Kier molecular flexibility index (Phi) is 5.30. The number of rotatable bonds is 5. The fraction of sp³-hybridized carbons (Fsp3) is 0.200. The topological polar surface area (TPSA) is 65.3 Å². The van der Waals surface area contributed by atoms with E-state index in [0.29, 0.717) is 11.4 Å². The van der Waals surface area contributed by atoms with E-state index < -0.39 is 23.6 Å². The van der Waals surface area contributed by atoms with Gasteiger partial charge in [-0.2, -0.15) is 0 Å². The molecule has 0 aliphatic carbocycles. The number of carbonyl (C=O) groups is 1. The van der Waals surface area contributed by atoms with Gasteiger partial charge >= 0.3 is 0 Å². The lowest BCUT2D eigenvalue weighted by molar-refractivity contribution is -0.122. The zero-order valence-corrected chi connectivity index (χ0v) is 15.6. The molecule has 146 valence electrons. The number of aromatic nitrogens is 2. The molecule has 3 aromatic rings. The summed E-state index contributed by atoms with van der Waals surface area (Å²) in [7, 11) is 1.71. The molecular weight excluding hydrogens is 368 g/mol. The second kappa shape index (κ2) is 7.67. The van der Waals surface area contributed by atoms with Gasteiger partial charge in [0.25, 0.3) is 11.5 Å². The third kappa shape index (κ3) is 3.66. The molecule has 1 atom stereocenters. The second-order valence-electron chi connectivity index (χ2n) is 6.26. The number of para-hydroxylation sites is 1. The summed E-state index contributed by atoms with van der Waals surface area (Å²) in [5, 5.41) is 2.57. The summed E-state index contributed by atoms with van der Waals surface area (Å²) in [5.74, 6) is -2.66. The standard InChI is InChI=1S/C20H19F2N3O3/c1-12-18(20(27)25(24(12)3)14-7-5-4-6-8-14)23-19(26)13(2)28-15-9-10-16(21)17(22)11-15/h4-11,13H,1-3H3,(H,23,26)/t13-/m1/s1. The summed E-state index contributed by atoms with van der Waals surface area (Å²) >= 11 is 0. The first kappa shape index (κ1) is 19.3. The average molecular weight is 387 g/mol. The minimum Gasteiger partial charge on any atom is -0.481 e. The molecule has 0 aliphatic heterocycles. The molecule has 0 radical (unpaired) electrons. The average Bonchev–Trinajstić information content (AvgIpc) is 2.88. The van der Waals surface area contributed by atoms with E-state index in [1.807, 2.05) is 6.07 Å². The van der Waals surface area contributed by atoms with Crippen molar-refractivity contribution in [3.63, 3.8) is 0 Å². The minimum atomic E-state index is -1.07. The van der Waals surface area contributed by atoms with Crippen LogP contribution >= 0.6 is 0 Å². The summed E-state index contributed by atoms with van der Waals surface area (Å²) in [4.78, 5) is 25.3. The van der Waals surface area contributed by atoms with Crippen LogP contribution < -0.4 is 15.6 Å². The second-order valence-corrected chi connectivity index (χ2v) is 6.26. The number of hydrogen-bond acceptors (Lipinski definition) is 3. The molecule has 6 nitrogen and oxygen atoms in total. The molecule has 0 fully saturated rings. The number of benzene rings is 2. The van der Waals surface area contributed by atoms with Crippen LogP contribution in [0.3, 0.4) is 0 Å². The van der Waals surface area contributed by atoms with Gasteiger partial charge in [-0.05, 0) is 38.1 Å². The highest BCUT2D eigenvalue weighted by Crippen LogP contribution is 2.18. The maximum absolute atomic E-state index is 13.3. The number of ether oxygens (including phenoxy) is 1. The first-order valence-electron chi connectivity index (χ1n) is 8.56. The maximum atomic E-state index is 13.3. The van der Waals surface area contributed by atoms with Crippen molar-refractivity contribution >= 4 is 11.6 Å². The number of carbonyl (C=O) groups excluding carboxylic acids is 1. The van der Waals surface area contributed by atoms with Gasteiger partial charge in [0, 0.05) is 13.1 Å². The third-order valence-corrected chi connectivity index (χ3v) is 4.38. The zero-order chi connectivity index (χ0) is 20.4. The van der Waals surface area contributed by atoms with E-state index in [4.69, 9.17) is 4.74 Å². The summed E-state index contributed by atoms with van der Waals surface area (Å²) in [6.07, 6.45) is -1.03. The molecular formula is C20H19F2N3O3. The van der Waals surface area contributed by atoms with Crippen LogP contribution in [0.1, 0.15) is 12.6 Å². The Balaban J connectivity index is 1.82. The molecule has 3 rings (SSSR count). The van der Waals surface area contributed by atoms with Crippen LogP contribution in [0.2, 0.25) is 0 Å². The monoisotopic (exact) mass is 387 g/mol. The molecule has 0 bridgehead atoms. The summed E-state index contributed by atoms with van der Waals surface area (Å²) in [6, 6.07) is 12.0. The lowest BCUT2D eigenvalue weighted by Gasteiger charge is -2.14. The predicted molar refractivity (Wildman–Crippen MR) is 101 cm³/mol. The van der Waals surface area contributed by atoms with E-state index in [1.54, 1.807) is 42.9 Å². The van der Waals surface area contributed by atoms with Crippen molar-refractivity contribution in [1.82, 2.24) is 9.36 Å². The molecule has 8 heteroatoms. The molecule has 1 N–H and O–H groups in total. The molecule has 0 aliphatic rings. The van der Waals surface area contributed by atoms with Gasteiger partial charge < -0.3 is 10.1 Å². The Hall–Kier alpha value is -3.42. The fourth-order valence-electron chi connectivity index (χ4n) is 2.74. The van der Waals surface area contributed by atoms with Crippen molar-refractivity contribution in [3.05, 3.63) is 76.2 Å². The van der Waals surface area contributed by atoms with Crippen LogP contribution in [0.15, 0.2) is 53.3 Å². The quantitative estimate of drug-likeness (QED) is 0.731. The minimum absolute atomic E-state index is 0.00744. The van der Waals surface area contributed by atoms with Crippen molar-refractivity contribution in [2.75, 3.05) is 5.32 Å². The first-order chi connectivity index (χ1) is 13.3. The van der Waals surface area contributed by atoms with Gasteiger partial charge in [0.1, 0.15) is 11.4 Å². The number of amides is 1. The van der Waals surface area contributed by atoms with E-state index in [0.717, 1.165) is 12.1 Å². The Labute approximate surface area is 160 Å². The van der Waals surface area contributed by atoms with Gasteiger partial charge in [0.2, 0.25) is 0 Å². The smallest absolute Gasteiger partial charge is 0.295 e. The summed E-state index contributed by atoms with van der Waals surface area (Å²) in [6.45, 7) is 3.15. The van der Waals surface area contributed by atoms with Crippen LogP contribution in [0, 0.1) is 18.6 Å². The van der Waals surface area contributed by atoms with Crippen molar-refractivity contribution < 1.29 is 18.3 Å². The number of halogens is 2. The highest BCUT2D eigenvalue weighted by atomic mass is 19.2. The molecule has 1 aromatic heterocycles. The van der Waals surface area contributed by atoms with Gasteiger partial charge in [-0.3, -0.25) is 14.3 Å². The number of hydrogen-bond donors (Lipinski definition) is 1. The highest BCUT2D eigenvalue weighted by Gasteiger charge is 2.22. The molecule has 0 unspecified atom stereocenters. The van der Waals surface area contributed by atoms with Crippen molar-refractivity contribution in [2.45, 2.75) is 20.0 Å². The normalized spacial score (nSPS) is 11.9. The Morgan fingerprint density at radius 1 is 1.11 bits per heavy atom. The Bertz CT molecular complexity index is 1070. The maximum Gasteiger partial charge on any atom is 0.295 e. The van der Waals surface area contributed by atoms with Crippen LogP contribution in [0.5, 0.6) is 5.75 Å². The molecule has 0 saturated heterocycles. The number of nitrogens with one attached hydrogen (secondary N) is 1. The molecule has 0 saturated carbocycles. The number of anilines is 1. The van der Waals surface area contributed by atoms with Gasteiger partial charge in [0.05, 0.1) is 11.4 Å². The molecule has 1 amide bonds. The highest BCUT2D eigenvalue weighted by molar-refractivity contribution is 5.94. The Morgan fingerprint density at radius 3 is 2.43 bits per heavy atom. The fourth-order valence-corrected chi connectivity index (χ4v) is 2.74. The molecule has 1 heterocycles. The zero-order valence-electron chi connectivity index (χ0n) is 15.6. The largest absolute Gasteiger partial charge is 0.481 e. The van der Waals surface area contributed by atoms with Crippen LogP contribution in [0.4, 0.5) is 14.5 Å². The van der Waals surface area contributed by atoms with E-state index in [-0.39, 0.29) is 17.0 Å². The van der Waals surface area contributed by atoms with Gasteiger partial charge in [-0.1, -0.05) is 18.2 Å². The lowest BCUT2D eigenvalue weighted by atomic mass is 10.3. The molecule has 28 heavy (non-hydrogen) atoms. The van der Waals surface area contributed by atoms with Gasteiger partial charge in [0.15, 0.2) is 17.7 Å². The third-order valence-electron chi connectivity index (χ3n) is 4.38. The van der Waals surface area contributed by atoms with Gasteiger partial charge in [-0.25, -0.2) is 13.5 Å². The van der Waals surface area contributed by atoms with Crippen LogP contribution in [-0.2, 0) is 11.8 Å². The van der Waals surface area contributed by atoms with E-state index in [2.05, 4.69) is 5.32 Å². The first-order valence-corrected chi connectivity index (χ1v) is 8.56. The van der Waals surface area contributed by atoms with Gasteiger partial charge in [-0.15, -0.1) is 0 Å².